The number of aromatic nitrogens is 1. The van der Waals surface area contributed by atoms with Gasteiger partial charge in [-0.15, -0.1) is 0 Å². The van der Waals surface area contributed by atoms with E-state index in [-0.39, 0.29) is 18.1 Å². The number of amides is 1. The lowest BCUT2D eigenvalue weighted by Crippen LogP contribution is -2.32. The minimum atomic E-state index is -0.603. The van der Waals surface area contributed by atoms with Crippen LogP contribution in [0.25, 0.3) is 0 Å². The number of carbonyl (C=O) groups excluding carboxylic acids is 1. The van der Waals surface area contributed by atoms with Crippen LogP contribution in [0, 0.1) is 10.1 Å². The van der Waals surface area contributed by atoms with Crippen LogP contribution in [0.15, 0.2) is 53.5 Å². The summed E-state index contributed by atoms with van der Waals surface area (Å²) in [7, 11) is 0. The van der Waals surface area contributed by atoms with Gasteiger partial charge in [-0.3, -0.25) is 24.3 Å². The summed E-state index contributed by atoms with van der Waals surface area (Å²) in [6.07, 6.45) is 2.70. The van der Waals surface area contributed by atoms with Crippen molar-refractivity contribution in [3.63, 3.8) is 0 Å². The first-order valence-electron chi connectivity index (χ1n) is 7.22. The van der Waals surface area contributed by atoms with Gasteiger partial charge in [0, 0.05) is 18.7 Å². The highest BCUT2D eigenvalue weighted by atomic mass is 16.6. The molecular weight excluding hydrogens is 298 g/mol. The maximum atomic E-state index is 11.8. The molecule has 7 nitrogen and oxygen atoms in total. The van der Waals surface area contributed by atoms with Crippen molar-refractivity contribution in [1.82, 2.24) is 9.88 Å². The Hall–Kier alpha value is -2.96. The Labute approximate surface area is 132 Å². The monoisotopic (exact) mass is 315 g/mol. The largest absolute Gasteiger partial charge is 0.355 e. The number of nitro groups is 1. The first-order chi connectivity index (χ1) is 11.1. The minimum Gasteiger partial charge on any atom is -0.355 e. The van der Waals surface area contributed by atoms with E-state index in [0.29, 0.717) is 6.54 Å². The van der Waals surface area contributed by atoms with Crippen LogP contribution in [-0.4, -0.2) is 21.9 Å². The molecule has 0 aliphatic heterocycles. The van der Waals surface area contributed by atoms with Crippen molar-refractivity contribution in [2.24, 2.45) is 0 Å². The molecule has 0 atom stereocenters. The fraction of sp³-hybridized carbons (Fsp3) is 0.250. The lowest BCUT2D eigenvalue weighted by molar-refractivity contribution is -0.385. The van der Waals surface area contributed by atoms with Crippen molar-refractivity contribution in [3.8, 4) is 0 Å². The summed E-state index contributed by atoms with van der Waals surface area (Å²) in [6, 6.07) is 12.1. The van der Waals surface area contributed by atoms with Gasteiger partial charge in [0.2, 0.25) is 5.91 Å². The molecule has 1 aromatic heterocycles. The SMILES string of the molecule is O=C(Cn1cc([N+](=O)[O-])ccc1=O)NCCCc1ccccc1. The highest BCUT2D eigenvalue weighted by Gasteiger charge is 2.10. The van der Waals surface area contributed by atoms with E-state index in [1.807, 2.05) is 30.3 Å². The average Bonchev–Trinajstić information content (AvgIpc) is 2.54. The molecule has 0 fully saturated rings. The molecule has 1 N–H and O–H groups in total. The molecule has 0 spiro atoms. The molecule has 0 aliphatic rings. The summed E-state index contributed by atoms with van der Waals surface area (Å²) in [5.74, 6) is -0.347. The zero-order valence-electron chi connectivity index (χ0n) is 12.5. The van der Waals surface area contributed by atoms with E-state index in [4.69, 9.17) is 0 Å². The van der Waals surface area contributed by atoms with E-state index in [0.717, 1.165) is 35.7 Å². The quantitative estimate of drug-likeness (QED) is 0.476. The van der Waals surface area contributed by atoms with E-state index >= 15 is 0 Å². The molecule has 0 bridgehead atoms. The van der Waals surface area contributed by atoms with Gasteiger partial charge in [0.1, 0.15) is 6.54 Å². The maximum Gasteiger partial charge on any atom is 0.285 e. The number of aryl methyl sites for hydroxylation is 1. The third kappa shape index (κ3) is 5.06. The Morgan fingerprint density at radius 2 is 1.91 bits per heavy atom. The first kappa shape index (κ1) is 16.4. The van der Waals surface area contributed by atoms with Crippen LogP contribution in [0.5, 0.6) is 0 Å². The molecular formula is C16H17N3O4. The average molecular weight is 315 g/mol. The maximum absolute atomic E-state index is 11.8. The predicted molar refractivity (Wildman–Crippen MR) is 85.1 cm³/mol. The lowest BCUT2D eigenvalue weighted by atomic mass is 10.1. The summed E-state index contributed by atoms with van der Waals surface area (Å²) >= 11 is 0. The normalized spacial score (nSPS) is 10.3. The van der Waals surface area contributed by atoms with Crippen molar-refractivity contribution in [2.45, 2.75) is 19.4 Å². The molecule has 1 aromatic carbocycles. The number of hydrogen-bond acceptors (Lipinski definition) is 4. The number of nitrogens with one attached hydrogen (secondary N) is 1. The topological polar surface area (TPSA) is 94.2 Å². The van der Waals surface area contributed by atoms with Crippen LogP contribution in [-0.2, 0) is 17.8 Å². The van der Waals surface area contributed by atoms with Crippen LogP contribution in [0.3, 0.4) is 0 Å². The van der Waals surface area contributed by atoms with Gasteiger partial charge in [0.15, 0.2) is 0 Å². The highest BCUT2D eigenvalue weighted by molar-refractivity contribution is 5.75. The van der Waals surface area contributed by atoms with Crippen molar-refractivity contribution in [1.29, 1.82) is 0 Å². The van der Waals surface area contributed by atoms with Crippen molar-refractivity contribution in [3.05, 3.63) is 74.7 Å². The number of nitrogens with zero attached hydrogens (tertiary/aromatic N) is 2. The summed E-state index contributed by atoms with van der Waals surface area (Å²) in [5, 5.41) is 13.4. The number of rotatable bonds is 7. The fourth-order valence-corrected chi connectivity index (χ4v) is 2.13. The molecule has 120 valence electrons. The van der Waals surface area contributed by atoms with Crippen molar-refractivity contribution < 1.29 is 9.72 Å². The third-order valence-electron chi connectivity index (χ3n) is 3.30. The Morgan fingerprint density at radius 3 is 2.61 bits per heavy atom. The van der Waals surface area contributed by atoms with Gasteiger partial charge in [-0.2, -0.15) is 0 Å². The summed E-state index contributed by atoms with van der Waals surface area (Å²) < 4.78 is 1.03. The first-order valence-corrected chi connectivity index (χ1v) is 7.22. The van der Waals surface area contributed by atoms with Crippen molar-refractivity contribution >= 4 is 11.6 Å². The fourth-order valence-electron chi connectivity index (χ4n) is 2.13. The zero-order valence-corrected chi connectivity index (χ0v) is 12.5. The second kappa shape index (κ2) is 7.88. The number of pyridine rings is 1. The van der Waals surface area contributed by atoms with Gasteiger partial charge >= 0.3 is 0 Å². The van der Waals surface area contributed by atoms with Gasteiger partial charge in [0.05, 0.1) is 11.1 Å². The molecule has 0 saturated carbocycles. The van der Waals surface area contributed by atoms with E-state index < -0.39 is 10.5 Å². The Morgan fingerprint density at radius 1 is 1.17 bits per heavy atom. The third-order valence-corrected chi connectivity index (χ3v) is 3.30. The predicted octanol–water partition coefficient (Wildman–Crippen LogP) is 1.51. The van der Waals surface area contributed by atoms with Gasteiger partial charge < -0.3 is 5.32 Å². The Balaban J connectivity index is 1.82. The van der Waals surface area contributed by atoms with E-state index in [1.165, 1.54) is 5.56 Å². The lowest BCUT2D eigenvalue weighted by Gasteiger charge is -2.07. The van der Waals surface area contributed by atoms with E-state index in [1.54, 1.807) is 0 Å². The second-order valence-corrected chi connectivity index (χ2v) is 5.05. The Kier molecular flexibility index (Phi) is 5.62. The van der Waals surface area contributed by atoms with Crippen LogP contribution in [0.4, 0.5) is 5.69 Å². The van der Waals surface area contributed by atoms with Gasteiger partial charge in [-0.1, -0.05) is 30.3 Å². The molecule has 2 aromatic rings. The van der Waals surface area contributed by atoms with Crippen LogP contribution >= 0.6 is 0 Å². The summed E-state index contributed by atoms with van der Waals surface area (Å²) in [4.78, 5) is 33.5. The number of carbonyl (C=O) groups is 1. The van der Waals surface area contributed by atoms with E-state index in [2.05, 4.69) is 5.32 Å². The molecule has 0 unspecified atom stereocenters. The zero-order chi connectivity index (χ0) is 16.7. The summed E-state index contributed by atoms with van der Waals surface area (Å²) in [5.41, 5.74) is 0.521. The van der Waals surface area contributed by atoms with Crippen LogP contribution < -0.4 is 10.9 Å². The van der Waals surface area contributed by atoms with Crippen molar-refractivity contribution in [2.75, 3.05) is 6.54 Å². The molecule has 1 amide bonds. The molecule has 0 aliphatic carbocycles. The Bertz CT molecular complexity index is 740. The molecule has 0 radical (unpaired) electrons. The molecule has 2 rings (SSSR count). The number of hydrogen-bond donors (Lipinski definition) is 1. The number of benzene rings is 1. The molecule has 0 saturated heterocycles. The summed E-state index contributed by atoms with van der Waals surface area (Å²) in [6.45, 7) is 0.253. The van der Waals surface area contributed by atoms with Gasteiger partial charge in [-0.25, -0.2) is 0 Å². The molecule has 7 heteroatoms. The second-order valence-electron chi connectivity index (χ2n) is 5.05. The molecule has 1 heterocycles. The molecule has 23 heavy (non-hydrogen) atoms. The smallest absolute Gasteiger partial charge is 0.285 e. The van der Waals surface area contributed by atoms with Gasteiger partial charge in [-0.05, 0) is 18.4 Å². The van der Waals surface area contributed by atoms with Gasteiger partial charge in [0.25, 0.3) is 11.2 Å². The highest BCUT2D eigenvalue weighted by Crippen LogP contribution is 2.06. The van der Waals surface area contributed by atoms with E-state index in [9.17, 15) is 19.7 Å². The van der Waals surface area contributed by atoms with Crippen LogP contribution in [0.2, 0.25) is 0 Å². The standard InChI is InChI=1S/C16H17N3O4/c20-15(17-10-4-7-13-5-2-1-3-6-13)12-18-11-14(19(22)23)8-9-16(18)21/h1-3,5-6,8-9,11H,4,7,10,12H2,(H,17,20). The van der Waals surface area contributed by atoms with Crippen LogP contribution in [0.1, 0.15) is 12.0 Å². The minimum absolute atomic E-state index is 0.221.